The van der Waals surface area contributed by atoms with Crippen LogP contribution >= 0.6 is 11.3 Å². The molecule has 0 unspecified atom stereocenters. The fourth-order valence-corrected chi connectivity index (χ4v) is 5.04. The minimum absolute atomic E-state index is 0.0541. The number of para-hydroxylation sites is 4. The van der Waals surface area contributed by atoms with Crippen LogP contribution in [0.3, 0.4) is 0 Å². The second-order valence-electron chi connectivity index (χ2n) is 7.70. The molecule has 4 aromatic rings. The fourth-order valence-electron chi connectivity index (χ4n) is 4.15. The lowest BCUT2D eigenvalue weighted by molar-refractivity contribution is -0.116. The third kappa shape index (κ3) is 4.01. The Morgan fingerprint density at radius 3 is 2.87 bits per heavy atom. The fraction of sp³-hybridized carbons (Fsp3) is 0.250. The smallest absolute Gasteiger partial charge is 0.408 e. The highest BCUT2D eigenvalue weighted by Gasteiger charge is 2.20. The number of rotatable bonds is 6. The van der Waals surface area contributed by atoms with Crippen molar-refractivity contribution in [2.75, 3.05) is 16.8 Å². The highest BCUT2D eigenvalue weighted by atomic mass is 32.1. The maximum atomic E-state index is 12.6. The van der Waals surface area contributed by atoms with Crippen molar-refractivity contribution in [1.29, 1.82) is 0 Å². The molecular formula is C24H23N3O3S. The highest BCUT2D eigenvalue weighted by molar-refractivity contribution is 7.10. The predicted octanol–water partition coefficient (Wildman–Crippen LogP) is 4.64. The van der Waals surface area contributed by atoms with Gasteiger partial charge in [-0.3, -0.25) is 9.36 Å². The monoisotopic (exact) mass is 433 g/mol. The number of aromatic nitrogens is 1. The number of nitrogens with zero attached hydrogens (tertiary/aromatic N) is 2. The maximum Gasteiger partial charge on any atom is 0.419 e. The molecule has 0 saturated heterocycles. The third-order valence-electron chi connectivity index (χ3n) is 5.69. The van der Waals surface area contributed by atoms with Crippen molar-refractivity contribution >= 4 is 39.7 Å². The van der Waals surface area contributed by atoms with Gasteiger partial charge in [0.25, 0.3) is 0 Å². The highest BCUT2D eigenvalue weighted by Crippen LogP contribution is 2.32. The second kappa shape index (κ2) is 8.43. The van der Waals surface area contributed by atoms with Crippen LogP contribution in [0.5, 0.6) is 0 Å². The molecule has 0 saturated carbocycles. The standard InChI is InChI=1S/C24H23N3O3S/c28-23(10-5-13-27-20-8-3-4-9-21(20)30-24(27)29)25-18-6-1-2-7-19(18)26-14-11-22-17(16-26)12-15-31-22/h1-4,6-9,12,15H,5,10-11,13-14,16H2,(H,25,28). The first-order valence-corrected chi connectivity index (χ1v) is 11.3. The zero-order valence-corrected chi connectivity index (χ0v) is 17.9. The number of oxazole rings is 1. The van der Waals surface area contributed by atoms with Gasteiger partial charge in [0.05, 0.1) is 16.9 Å². The largest absolute Gasteiger partial charge is 0.419 e. The first-order valence-electron chi connectivity index (χ1n) is 10.5. The van der Waals surface area contributed by atoms with E-state index in [-0.39, 0.29) is 11.7 Å². The lowest BCUT2D eigenvalue weighted by atomic mass is 10.1. The summed E-state index contributed by atoms with van der Waals surface area (Å²) in [6.07, 6.45) is 1.91. The summed E-state index contributed by atoms with van der Waals surface area (Å²) in [6.45, 7) is 2.25. The number of amides is 1. The summed E-state index contributed by atoms with van der Waals surface area (Å²) in [5.41, 5.74) is 4.58. The number of nitrogens with one attached hydrogen (secondary N) is 1. The number of hydrogen-bond acceptors (Lipinski definition) is 5. The van der Waals surface area contributed by atoms with Gasteiger partial charge < -0.3 is 14.6 Å². The van der Waals surface area contributed by atoms with E-state index in [2.05, 4.69) is 27.7 Å². The molecule has 0 radical (unpaired) electrons. The number of fused-ring (bicyclic) bond motifs is 2. The van der Waals surface area contributed by atoms with E-state index in [0.717, 1.165) is 36.4 Å². The van der Waals surface area contributed by atoms with E-state index in [1.807, 2.05) is 47.7 Å². The summed E-state index contributed by atoms with van der Waals surface area (Å²) in [4.78, 5) is 28.5. The summed E-state index contributed by atoms with van der Waals surface area (Å²) >= 11 is 1.82. The average Bonchev–Trinajstić information content (AvgIpc) is 3.37. The Morgan fingerprint density at radius 1 is 1.10 bits per heavy atom. The van der Waals surface area contributed by atoms with Gasteiger partial charge >= 0.3 is 5.76 Å². The normalized spacial score (nSPS) is 13.4. The summed E-state index contributed by atoms with van der Waals surface area (Å²) in [5, 5.41) is 5.22. The molecule has 0 fully saturated rings. The van der Waals surface area contributed by atoms with Gasteiger partial charge in [-0.05, 0) is 54.1 Å². The van der Waals surface area contributed by atoms with Gasteiger partial charge in [0.15, 0.2) is 5.58 Å². The molecule has 31 heavy (non-hydrogen) atoms. The van der Waals surface area contributed by atoms with Gasteiger partial charge in [-0.2, -0.15) is 0 Å². The van der Waals surface area contributed by atoms with Crippen molar-refractivity contribution in [2.24, 2.45) is 0 Å². The molecule has 158 valence electrons. The zero-order chi connectivity index (χ0) is 21.2. The molecule has 3 heterocycles. The zero-order valence-electron chi connectivity index (χ0n) is 17.0. The van der Waals surface area contributed by atoms with Crippen LogP contribution in [0.1, 0.15) is 23.3 Å². The molecule has 0 aliphatic carbocycles. The van der Waals surface area contributed by atoms with E-state index in [1.165, 1.54) is 10.4 Å². The molecule has 6 nitrogen and oxygen atoms in total. The van der Waals surface area contributed by atoms with Crippen LogP contribution in [-0.2, 0) is 24.3 Å². The van der Waals surface area contributed by atoms with Crippen LogP contribution < -0.4 is 16.0 Å². The Bertz CT molecular complexity index is 1290. The number of hydrogen-bond donors (Lipinski definition) is 1. The van der Waals surface area contributed by atoms with Crippen molar-refractivity contribution in [3.8, 4) is 0 Å². The van der Waals surface area contributed by atoms with Gasteiger partial charge in [-0.25, -0.2) is 4.79 Å². The van der Waals surface area contributed by atoms with Gasteiger partial charge in [0, 0.05) is 30.9 Å². The molecule has 1 N–H and O–H groups in total. The van der Waals surface area contributed by atoms with Gasteiger partial charge in [0.1, 0.15) is 0 Å². The van der Waals surface area contributed by atoms with Gasteiger partial charge in [-0.15, -0.1) is 11.3 Å². The van der Waals surface area contributed by atoms with Crippen LogP contribution in [-0.4, -0.2) is 17.0 Å². The summed E-state index contributed by atoms with van der Waals surface area (Å²) < 4.78 is 6.84. The lowest BCUT2D eigenvalue weighted by Crippen LogP contribution is -2.30. The van der Waals surface area contributed by atoms with Crippen LogP contribution in [0.4, 0.5) is 11.4 Å². The molecule has 5 rings (SSSR count). The van der Waals surface area contributed by atoms with Crippen LogP contribution in [0.2, 0.25) is 0 Å². The van der Waals surface area contributed by atoms with Crippen molar-refractivity contribution in [2.45, 2.75) is 32.4 Å². The van der Waals surface area contributed by atoms with E-state index in [1.54, 1.807) is 10.6 Å². The molecule has 1 aliphatic rings. The number of benzene rings is 2. The molecule has 0 spiro atoms. The SMILES string of the molecule is O=C(CCCn1c(=O)oc2ccccc21)Nc1ccccc1N1CCc2sccc2C1. The van der Waals surface area contributed by atoms with Crippen molar-refractivity contribution < 1.29 is 9.21 Å². The van der Waals surface area contributed by atoms with Crippen LogP contribution in [0, 0.1) is 0 Å². The summed E-state index contributed by atoms with van der Waals surface area (Å²) in [5.74, 6) is -0.439. The van der Waals surface area contributed by atoms with E-state index in [9.17, 15) is 9.59 Å². The number of aryl methyl sites for hydroxylation is 1. The average molecular weight is 434 g/mol. The Morgan fingerprint density at radius 2 is 1.94 bits per heavy atom. The van der Waals surface area contributed by atoms with Gasteiger partial charge in [0.2, 0.25) is 5.91 Å². The molecule has 2 aromatic carbocycles. The Labute approximate surface area is 183 Å². The first kappa shape index (κ1) is 19.6. The Balaban J connectivity index is 1.23. The number of thiophene rings is 1. The van der Waals surface area contributed by atoms with Crippen molar-refractivity contribution in [3.63, 3.8) is 0 Å². The van der Waals surface area contributed by atoms with Crippen LogP contribution in [0.15, 0.2) is 69.2 Å². The Kier molecular flexibility index (Phi) is 5.34. The lowest BCUT2D eigenvalue weighted by Gasteiger charge is -2.30. The van der Waals surface area contributed by atoms with Crippen molar-refractivity contribution in [1.82, 2.24) is 4.57 Å². The Hall–Kier alpha value is -3.32. The topological polar surface area (TPSA) is 67.5 Å². The summed E-state index contributed by atoms with van der Waals surface area (Å²) in [6, 6.07) is 17.5. The van der Waals surface area contributed by atoms with Crippen molar-refractivity contribution in [3.05, 3.63) is 81.0 Å². The van der Waals surface area contributed by atoms with E-state index in [4.69, 9.17) is 4.42 Å². The van der Waals surface area contributed by atoms with E-state index >= 15 is 0 Å². The molecule has 2 aromatic heterocycles. The number of carbonyl (C=O) groups is 1. The third-order valence-corrected chi connectivity index (χ3v) is 6.71. The molecule has 1 amide bonds. The predicted molar refractivity (Wildman–Crippen MR) is 124 cm³/mol. The number of anilines is 2. The quantitative estimate of drug-likeness (QED) is 0.481. The molecule has 7 heteroatoms. The van der Waals surface area contributed by atoms with Crippen LogP contribution in [0.25, 0.3) is 11.1 Å². The molecular weight excluding hydrogens is 410 g/mol. The van der Waals surface area contributed by atoms with E-state index < -0.39 is 0 Å². The second-order valence-corrected chi connectivity index (χ2v) is 8.70. The molecule has 1 aliphatic heterocycles. The first-order chi connectivity index (χ1) is 15.2. The molecule has 0 bridgehead atoms. The summed E-state index contributed by atoms with van der Waals surface area (Å²) in [7, 11) is 0. The maximum absolute atomic E-state index is 12.6. The van der Waals surface area contributed by atoms with Gasteiger partial charge in [-0.1, -0.05) is 24.3 Å². The number of carbonyl (C=O) groups excluding carboxylic acids is 1. The minimum atomic E-state index is -0.384. The minimum Gasteiger partial charge on any atom is -0.408 e. The molecule has 0 atom stereocenters. The van der Waals surface area contributed by atoms with E-state index in [0.29, 0.717) is 25.0 Å².